The third kappa shape index (κ3) is 3.45. The van der Waals surface area contributed by atoms with E-state index in [1.54, 1.807) is 0 Å². The Morgan fingerprint density at radius 3 is 2.88 bits per heavy atom. The number of benzene rings is 1. The van der Waals surface area contributed by atoms with Crippen molar-refractivity contribution in [3.05, 3.63) is 34.9 Å². The molecule has 0 atom stereocenters. The van der Waals surface area contributed by atoms with Gasteiger partial charge in [0.25, 0.3) is 0 Å². The molecule has 17 heavy (non-hydrogen) atoms. The Morgan fingerprint density at radius 1 is 1.47 bits per heavy atom. The Balaban J connectivity index is 1.73. The second-order valence-corrected chi connectivity index (χ2v) is 4.95. The molecular formula is C13H16ClNO2. The maximum atomic E-state index is 10.4. The van der Waals surface area contributed by atoms with E-state index >= 15 is 0 Å². The molecule has 0 aliphatic heterocycles. The summed E-state index contributed by atoms with van der Waals surface area (Å²) in [6, 6.07) is 8.43. The molecule has 4 heteroatoms. The lowest BCUT2D eigenvalue weighted by atomic mass is 9.76. The lowest BCUT2D eigenvalue weighted by molar-refractivity contribution is -0.136. The zero-order valence-electron chi connectivity index (χ0n) is 9.53. The van der Waals surface area contributed by atoms with Gasteiger partial charge in [-0.15, -0.1) is 0 Å². The lowest BCUT2D eigenvalue weighted by Crippen LogP contribution is -2.40. The second kappa shape index (κ2) is 5.52. The summed E-state index contributed by atoms with van der Waals surface area (Å²) in [7, 11) is 0. The first kappa shape index (κ1) is 12.4. The van der Waals surface area contributed by atoms with Gasteiger partial charge in [-0.25, -0.2) is 0 Å². The zero-order valence-corrected chi connectivity index (χ0v) is 10.3. The molecule has 0 radical (unpaired) electrons. The summed E-state index contributed by atoms with van der Waals surface area (Å²) >= 11 is 5.94. The van der Waals surface area contributed by atoms with Crippen molar-refractivity contribution in [2.45, 2.75) is 31.2 Å². The number of rotatable bonds is 5. The molecule has 3 nitrogen and oxygen atoms in total. The van der Waals surface area contributed by atoms with Gasteiger partial charge in [0.1, 0.15) is 0 Å². The van der Waals surface area contributed by atoms with Crippen LogP contribution in [-0.4, -0.2) is 23.7 Å². The molecule has 1 fully saturated rings. The molecule has 92 valence electrons. The average molecular weight is 254 g/mol. The first-order valence-corrected chi connectivity index (χ1v) is 6.23. The Morgan fingerprint density at radius 2 is 2.24 bits per heavy atom. The van der Waals surface area contributed by atoms with E-state index in [0.29, 0.717) is 18.5 Å². The molecule has 0 heterocycles. The normalized spacial score (nSPS) is 23.1. The molecule has 1 aromatic rings. The second-order valence-electron chi connectivity index (χ2n) is 4.52. The van der Waals surface area contributed by atoms with Crippen LogP contribution in [0.1, 0.15) is 30.7 Å². The van der Waals surface area contributed by atoms with Gasteiger partial charge in [-0.2, -0.15) is 0 Å². The standard InChI is InChI=1S/C13H16ClNO2/c14-11-3-1-2-9(6-11)10-7-12(8-10)15-5-4-13(16)17/h1-3,6,10,12,15H,4-5,7-8H2,(H,16,17). The monoisotopic (exact) mass is 253 g/mol. The largest absolute Gasteiger partial charge is 0.481 e. The van der Waals surface area contributed by atoms with Gasteiger partial charge < -0.3 is 10.4 Å². The summed E-state index contributed by atoms with van der Waals surface area (Å²) in [6.07, 6.45) is 2.33. The lowest BCUT2D eigenvalue weighted by Gasteiger charge is -2.36. The number of carbonyl (C=O) groups is 1. The van der Waals surface area contributed by atoms with Crippen molar-refractivity contribution in [2.24, 2.45) is 0 Å². The van der Waals surface area contributed by atoms with Gasteiger partial charge in [0, 0.05) is 17.6 Å². The van der Waals surface area contributed by atoms with Crippen LogP contribution in [0, 0.1) is 0 Å². The number of carboxylic acid groups (broad SMARTS) is 1. The number of hydrogen-bond acceptors (Lipinski definition) is 2. The van der Waals surface area contributed by atoms with Crippen LogP contribution in [0.4, 0.5) is 0 Å². The number of carboxylic acids is 1. The van der Waals surface area contributed by atoms with Gasteiger partial charge in [-0.1, -0.05) is 23.7 Å². The van der Waals surface area contributed by atoms with Crippen molar-refractivity contribution in [1.29, 1.82) is 0 Å². The molecule has 0 spiro atoms. The molecule has 0 aromatic heterocycles. The van der Waals surface area contributed by atoms with Gasteiger partial charge in [0.15, 0.2) is 0 Å². The summed E-state index contributed by atoms with van der Waals surface area (Å²) in [4.78, 5) is 10.4. The van der Waals surface area contributed by atoms with E-state index < -0.39 is 5.97 Å². The molecule has 1 saturated carbocycles. The van der Waals surface area contributed by atoms with Crippen LogP contribution >= 0.6 is 11.6 Å². The minimum atomic E-state index is -0.747. The maximum Gasteiger partial charge on any atom is 0.304 e. The van der Waals surface area contributed by atoms with Crippen LogP contribution in [-0.2, 0) is 4.79 Å². The highest BCUT2D eigenvalue weighted by Crippen LogP contribution is 2.37. The molecule has 2 N–H and O–H groups in total. The molecule has 0 saturated heterocycles. The fraction of sp³-hybridized carbons (Fsp3) is 0.462. The Bertz CT molecular complexity index is 402. The van der Waals surface area contributed by atoms with E-state index in [1.807, 2.05) is 18.2 Å². The molecule has 2 rings (SSSR count). The molecule has 0 amide bonds. The van der Waals surface area contributed by atoms with Crippen LogP contribution in [0.3, 0.4) is 0 Å². The molecule has 0 unspecified atom stereocenters. The van der Waals surface area contributed by atoms with Crippen LogP contribution in [0.5, 0.6) is 0 Å². The number of nitrogens with one attached hydrogen (secondary N) is 1. The van der Waals surface area contributed by atoms with Crippen LogP contribution in [0.15, 0.2) is 24.3 Å². The highest BCUT2D eigenvalue weighted by molar-refractivity contribution is 6.30. The highest BCUT2D eigenvalue weighted by atomic mass is 35.5. The van der Waals surface area contributed by atoms with Crippen molar-refractivity contribution < 1.29 is 9.90 Å². The van der Waals surface area contributed by atoms with Crippen LogP contribution < -0.4 is 5.32 Å². The summed E-state index contributed by atoms with van der Waals surface area (Å²) in [6.45, 7) is 0.558. The molecule has 1 aliphatic carbocycles. The maximum absolute atomic E-state index is 10.4. The van der Waals surface area contributed by atoms with Crippen molar-refractivity contribution in [3.63, 3.8) is 0 Å². The topological polar surface area (TPSA) is 49.3 Å². The first-order chi connectivity index (χ1) is 8.15. The molecule has 0 bridgehead atoms. The predicted octanol–water partition coefficient (Wildman–Crippen LogP) is 2.65. The van der Waals surface area contributed by atoms with E-state index in [1.165, 1.54) is 5.56 Å². The molecular weight excluding hydrogens is 238 g/mol. The smallest absolute Gasteiger partial charge is 0.304 e. The molecule has 1 aliphatic rings. The van der Waals surface area contributed by atoms with Gasteiger partial charge in [-0.3, -0.25) is 4.79 Å². The van der Waals surface area contributed by atoms with E-state index in [0.717, 1.165) is 17.9 Å². The van der Waals surface area contributed by atoms with Crippen molar-refractivity contribution in [1.82, 2.24) is 5.32 Å². The number of halogens is 1. The van der Waals surface area contributed by atoms with Crippen LogP contribution in [0.25, 0.3) is 0 Å². The minimum Gasteiger partial charge on any atom is -0.481 e. The third-order valence-electron chi connectivity index (χ3n) is 3.23. The SMILES string of the molecule is O=C(O)CCNC1CC(c2cccc(Cl)c2)C1. The van der Waals surface area contributed by atoms with Gasteiger partial charge >= 0.3 is 5.97 Å². The minimum absolute atomic E-state index is 0.193. The van der Waals surface area contributed by atoms with E-state index in [2.05, 4.69) is 11.4 Å². The van der Waals surface area contributed by atoms with E-state index in [9.17, 15) is 4.79 Å². The quantitative estimate of drug-likeness (QED) is 0.848. The summed E-state index contributed by atoms with van der Waals surface area (Å²) < 4.78 is 0. The van der Waals surface area contributed by atoms with E-state index in [-0.39, 0.29) is 6.42 Å². The first-order valence-electron chi connectivity index (χ1n) is 5.86. The number of hydrogen-bond donors (Lipinski definition) is 2. The van der Waals surface area contributed by atoms with Crippen molar-refractivity contribution in [2.75, 3.05) is 6.54 Å². The Hall–Kier alpha value is -1.06. The Labute approximate surface area is 106 Å². The number of aliphatic carboxylic acids is 1. The predicted molar refractivity (Wildman–Crippen MR) is 67.5 cm³/mol. The van der Waals surface area contributed by atoms with Crippen LogP contribution in [0.2, 0.25) is 5.02 Å². The summed E-state index contributed by atoms with van der Waals surface area (Å²) in [5.41, 5.74) is 1.29. The van der Waals surface area contributed by atoms with Gasteiger partial charge in [-0.05, 0) is 36.5 Å². The van der Waals surface area contributed by atoms with Crippen molar-refractivity contribution >= 4 is 17.6 Å². The Kier molecular flexibility index (Phi) is 4.02. The van der Waals surface area contributed by atoms with Crippen molar-refractivity contribution in [3.8, 4) is 0 Å². The van der Waals surface area contributed by atoms with Gasteiger partial charge in [0.05, 0.1) is 6.42 Å². The van der Waals surface area contributed by atoms with E-state index in [4.69, 9.17) is 16.7 Å². The fourth-order valence-corrected chi connectivity index (χ4v) is 2.40. The summed E-state index contributed by atoms with van der Waals surface area (Å²) in [5, 5.41) is 12.6. The molecule has 1 aromatic carbocycles. The fourth-order valence-electron chi connectivity index (χ4n) is 2.20. The zero-order chi connectivity index (χ0) is 12.3. The average Bonchev–Trinajstić information content (AvgIpc) is 2.21. The highest BCUT2D eigenvalue weighted by Gasteiger charge is 2.29. The van der Waals surface area contributed by atoms with Gasteiger partial charge in [0.2, 0.25) is 0 Å². The third-order valence-corrected chi connectivity index (χ3v) is 3.47. The summed E-state index contributed by atoms with van der Waals surface area (Å²) in [5.74, 6) is -0.181.